The minimum Gasteiger partial charge on any atom is -0.506 e. The SMILES string of the molecule is Oc1ccc(NC(=S)Nc2ccc(C(F)(F)F)cc2)cc1Cl. The number of nitrogens with one attached hydrogen (secondary N) is 2. The van der Waals surface area contributed by atoms with Gasteiger partial charge in [0.05, 0.1) is 10.6 Å². The second kappa shape index (κ2) is 6.41. The summed E-state index contributed by atoms with van der Waals surface area (Å²) in [6.07, 6.45) is -4.37. The van der Waals surface area contributed by atoms with Crippen LogP contribution >= 0.6 is 23.8 Å². The van der Waals surface area contributed by atoms with E-state index in [1.54, 1.807) is 6.07 Å². The van der Waals surface area contributed by atoms with Crippen LogP contribution in [0.25, 0.3) is 0 Å². The fraction of sp³-hybridized carbons (Fsp3) is 0.0714. The van der Waals surface area contributed by atoms with Gasteiger partial charge in [0.25, 0.3) is 0 Å². The summed E-state index contributed by atoms with van der Waals surface area (Å²) in [6.45, 7) is 0. The van der Waals surface area contributed by atoms with E-state index in [4.69, 9.17) is 23.8 Å². The summed E-state index contributed by atoms with van der Waals surface area (Å²) in [7, 11) is 0. The smallest absolute Gasteiger partial charge is 0.416 e. The predicted molar refractivity (Wildman–Crippen MR) is 84.4 cm³/mol. The Morgan fingerprint density at radius 3 is 2.09 bits per heavy atom. The lowest BCUT2D eigenvalue weighted by Crippen LogP contribution is -2.19. The van der Waals surface area contributed by atoms with Crippen LogP contribution in [-0.4, -0.2) is 10.2 Å². The zero-order valence-electron chi connectivity index (χ0n) is 10.9. The minimum atomic E-state index is -4.37. The van der Waals surface area contributed by atoms with Gasteiger partial charge in [-0.1, -0.05) is 11.6 Å². The zero-order chi connectivity index (χ0) is 16.3. The Morgan fingerprint density at radius 1 is 1.00 bits per heavy atom. The van der Waals surface area contributed by atoms with E-state index >= 15 is 0 Å². The molecule has 2 aromatic carbocycles. The fourth-order valence-corrected chi connectivity index (χ4v) is 2.04. The molecule has 2 rings (SSSR count). The molecule has 0 atom stereocenters. The van der Waals surface area contributed by atoms with Crippen LogP contribution in [0.2, 0.25) is 5.02 Å². The molecule has 0 unspecified atom stereocenters. The van der Waals surface area contributed by atoms with Gasteiger partial charge < -0.3 is 15.7 Å². The molecule has 3 nitrogen and oxygen atoms in total. The number of anilines is 2. The van der Waals surface area contributed by atoms with E-state index in [1.807, 2.05) is 0 Å². The van der Waals surface area contributed by atoms with Crippen LogP contribution in [-0.2, 0) is 6.18 Å². The average molecular weight is 347 g/mol. The lowest BCUT2D eigenvalue weighted by Gasteiger charge is -2.12. The number of halogens is 4. The maximum Gasteiger partial charge on any atom is 0.416 e. The number of hydrogen-bond acceptors (Lipinski definition) is 2. The molecule has 0 aromatic heterocycles. The van der Waals surface area contributed by atoms with Crippen LogP contribution in [0.5, 0.6) is 5.75 Å². The van der Waals surface area contributed by atoms with Gasteiger partial charge in [-0.25, -0.2) is 0 Å². The normalized spacial score (nSPS) is 11.1. The zero-order valence-corrected chi connectivity index (χ0v) is 12.5. The lowest BCUT2D eigenvalue weighted by atomic mass is 10.2. The molecule has 0 saturated carbocycles. The predicted octanol–water partition coefficient (Wildman–Crippen LogP) is 4.87. The fourth-order valence-electron chi connectivity index (χ4n) is 1.62. The van der Waals surface area contributed by atoms with Crippen molar-refractivity contribution < 1.29 is 18.3 Å². The van der Waals surface area contributed by atoms with Gasteiger partial charge in [-0.2, -0.15) is 13.2 Å². The average Bonchev–Trinajstić information content (AvgIpc) is 2.42. The summed E-state index contributed by atoms with van der Waals surface area (Å²) < 4.78 is 37.3. The van der Waals surface area contributed by atoms with Crippen LogP contribution in [0.4, 0.5) is 24.5 Å². The van der Waals surface area contributed by atoms with Gasteiger partial charge in [-0.15, -0.1) is 0 Å². The standard InChI is InChI=1S/C14H10ClF3N2OS/c15-11-7-10(5-6-12(11)21)20-13(22)19-9-3-1-8(2-4-9)14(16,17)18/h1-7,21H,(H2,19,20,22). The highest BCUT2D eigenvalue weighted by Crippen LogP contribution is 2.30. The molecule has 0 spiro atoms. The molecule has 0 heterocycles. The van der Waals surface area contributed by atoms with E-state index in [-0.39, 0.29) is 15.9 Å². The van der Waals surface area contributed by atoms with Gasteiger partial charge in [0.15, 0.2) is 5.11 Å². The van der Waals surface area contributed by atoms with Crippen LogP contribution < -0.4 is 10.6 Å². The van der Waals surface area contributed by atoms with Crippen LogP contribution in [0.1, 0.15) is 5.56 Å². The Bertz CT molecular complexity index is 689. The van der Waals surface area contributed by atoms with Crippen molar-refractivity contribution >= 4 is 40.3 Å². The molecule has 116 valence electrons. The molecule has 0 amide bonds. The third-order valence-electron chi connectivity index (χ3n) is 2.68. The van der Waals surface area contributed by atoms with Crippen LogP contribution in [0, 0.1) is 0 Å². The van der Waals surface area contributed by atoms with E-state index in [0.717, 1.165) is 12.1 Å². The molecule has 0 radical (unpaired) electrons. The van der Waals surface area contributed by atoms with Gasteiger partial charge >= 0.3 is 6.18 Å². The Hall–Kier alpha value is -1.99. The first-order valence-electron chi connectivity index (χ1n) is 5.99. The lowest BCUT2D eigenvalue weighted by molar-refractivity contribution is -0.137. The minimum absolute atomic E-state index is 0.0613. The summed E-state index contributed by atoms with van der Waals surface area (Å²) in [4.78, 5) is 0. The summed E-state index contributed by atoms with van der Waals surface area (Å²) in [5.74, 6) is -0.0613. The number of aromatic hydroxyl groups is 1. The van der Waals surface area contributed by atoms with Crippen molar-refractivity contribution in [3.05, 3.63) is 53.1 Å². The molecule has 0 saturated heterocycles. The van der Waals surface area contributed by atoms with Crippen molar-refractivity contribution in [2.24, 2.45) is 0 Å². The second-order valence-electron chi connectivity index (χ2n) is 4.32. The molecule has 0 aliphatic rings. The van der Waals surface area contributed by atoms with Gasteiger partial charge in [0.2, 0.25) is 0 Å². The molecule has 0 bridgehead atoms. The number of rotatable bonds is 2. The first-order valence-corrected chi connectivity index (χ1v) is 6.78. The molecule has 8 heteroatoms. The topological polar surface area (TPSA) is 44.3 Å². The van der Waals surface area contributed by atoms with Crippen molar-refractivity contribution in [3.8, 4) is 5.75 Å². The largest absolute Gasteiger partial charge is 0.506 e. The molecular weight excluding hydrogens is 337 g/mol. The summed E-state index contributed by atoms with van der Waals surface area (Å²) >= 11 is 10.8. The monoisotopic (exact) mass is 346 g/mol. The van der Waals surface area contributed by atoms with Gasteiger partial charge in [-0.05, 0) is 54.7 Å². The Labute approximate surface area is 134 Å². The number of phenolic OH excluding ortho intramolecular Hbond substituents is 1. The molecule has 22 heavy (non-hydrogen) atoms. The number of phenols is 1. The van der Waals surface area contributed by atoms with Crippen molar-refractivity contribution in [2.45, 2.75) is 6.18 Å². The molecule has 2 aromatic rings. The highest BCUT2D eigenvalue weighted by atomic mass is 35.5. The number of hydrogen-bond donors (Lipinski definition) is 3. The number of thiocarbonyl (C=S) groups is 1. The Morgan fingerprint density at radius 2 is 1.55 bits per heavy atom. The summed E-state index contributed by atoms with van der Waals surface area (Å²) in [5.41, 5.74) is 0.213. The quantitative estimate of drug-likeness (QED) is 0.536. The van der Waals surface area contributed by atoms with E-state index in [2.05, 4.69) is 10.6 Å². The maximum atomic E-state index is 12.4. The van der Waals surface area contributed by atoms with Crippen molar-refractivity contribution in [3.63, 3.8) is 0 Å². The first kappa shape index (κ1) is 16.4. The van der Waals surface area contributed by atoms with E-state index in [0.29, 0.717) is 11.4 Å². The second-order valence-corrected chi connectivity index (χ2v) is 5.14. The highest BCUT2D eigenvalue weighted by Gasteiger charge is 2.29. The van der Waals surface area contributed by atoms with Gasteiger partial charge in [-0.3, -0.25) is 0 Å². The molecule has 0 aliphatic carbocycles. The summed E-state index contributed by atoms with van der Waals surface area (Å²) in [5, 5.41) is 15.2. The Kier molecular flexibility index (Phi) is 4.77. The van der Waals surface area contributed by atoms with Gasteiger partial charge in [0, 0.05) is 11.4 Å². The maximum absolute atomic E-state index is 12.4. The molecule has 0 fully saturated rings. The third kappa shape index (κ3) is 4.25. The van der Waals surface area contributed by atoms with Crippen LogP contribution in [0.15, 0.2) is 42.5 Å². The molecule has 3 N–H and O–H groups in total. The van der Waals surface area contributed by atoms with Crippen molar-refractivity contribution in [1.82, 2.24) is 0 Å². The van der Waals surface area contributed by atoms with Gasteiger partial charge in [0.1, 0.15) is 5.75 Å². The number of benzene rings is 2. The van der Waals surface area contributed by atoms with E-state index < -0.39 is 11.7 Å². The first-order chi connectivity index (χ1) is 10.3. The summed E-state index contributed by atoms with van der Waals surface area (Å²) in [6, 6.07) is 8.90. The third-order valence-corrected chi connectivity index (χ3v) is 3.18. The molecule has 0 aliphatic heterocycles. The van der Waals surface area contributed by atoms with Crippen LogP contribution in [0.3, 0.4) is 0 Å². The Balaban J connectivity index is 2.01. The van der Waals surface area contributed by atoms with Crippen molar-refractivity contribution in [1.29, 1.82) is 0 Å². The van der Waals surface area contributed by atoms with E-state index in [1.165, 1.54) is 24.3 Å². The highest BCUT2D eigenvalue weighted by molar-refractivity contribution is 7.80. The van der Waals surface area contributed by atoms with E-state index in [9.17, 15) is 18.3 Å². The molecular formula is C14H10ClF3N2OS. The number of alkyl halides is 3. The van der Waals surface area contributed by atoms with Crippen molar-refractivity contribution in [2.75, 3.05) is 10.6 Å².